The molecule has 0 unspecified atom stereocenters. The Hall–Kier alpha value is -3.97. The van der Waals surface area contributed by atoms with Crippen molar-refractivity contribution >= 4 is 63.6 Å². The van der Waals surface area contributed by atoms with E-state index in [2.05, 4.69) is 20.1 Å². The van der Waals surface area contributed by atoms with Crippen LogP contribution in [0.1, 0.15) is 15.5 Å². The Morgan fingerprint density at radius 3 is 2.33 bits per heavy atom. The van der Waals surface area contributed by atoms with E-state index in [0.29, 0.717) is 58.7 Å². The number of hydrogen-bond donors (Lipinski definition) is 0. The largest absolute Gasteiger partial charge is 0.368 e. The zero-order valence-corrected chi connectivity index (χ0v) is 25.6. The molecule has 3 heterocycles. The van der Waals surface area contributed by atoms with Crippen molar-refractivity contribution in [1.82, 2.24) is 24.6 Å². The highest BCUT2D eigenvalue weighted by atomic mass is 35.5. The lowest BCUT2D eigenvalue weighted by Crippen LogP contribution is -2.48. The number of nitrogens with zero attached hydrogens (tertiary/aromatic N) is 7. The predicted molar refractivity (Wildman–Crippen MR) is 170 cm³/mol. The fourth-order valence-electron chi connectivity index (χ4n) is 4.75. The molecule has 1 fully saturated rings. The normalized spacial score (nSPS) is 13.3. The van der Waals surface area contributed by atoms with Gasteiger partial charge in [-0.25, -0.2) is 4.98 Å². The summed E-state index contributed by atoms with van der Waals surface area (Å²) >= 11 is 16.0. The van der Waals surface area contributed by atoms with Crippen LogP contribution in [0.4, 0.5) is 11.4 Å². The van der Waals surface area contributed by atoms with Crippen LogP contribution in [-0.4, -0.2) is 61.7 Å². The molecular weight excluding hydrogens is 629 g/mol. The van der Waals surface area contributed by atoms with E-state index in [1.807, 2.05) is 47.0 Å². The van der Waals surface area contributed by atoms with Crippen molar-refractivity contribution in [1.29, 1.82) is 0 Å². The number of thioether (sulfide) groups is 1. The highest BCUT2D eigenvalue weighted by Gasteiger charge is 2.25. The van der Waals surface area contributed by atoms with Crippen LogP contribution in [0.2, 0.25) is 10.0 Å². The summed E-state index contributed by atoms with van der Waals surface area (Å²) in [7, 11) is 0. The Balaban J connectivity index is 1.13. The van der Waals surface area contributed by atoms with Crippen molar-refractivity contribution < 1.29 is 9.72 Å². The van der Waals surface area contributed by atoms with Crippen LogP contribution in [0.25, 0.3) is 17.1 Å². The topological polar surface area (TPSA) is 110 Å². The number of para-hydroxylation sites is 1. The van der Waals surface area contributed by atoms with Crippen LogP contribution in [0.5, 0.6) is 0 Å². The standard InChI is InChI=1S/C29H23Cl2N7O3S2/c30-22-6-2-1-5-21(22)27-33-34-29(37(27)25-8-4-3-7-23(25)31)43-18-26-32-24(17-42-26)28(39)36-15-13-35(14-16-36)19-9-11-20(12-10-19)38(40)41/h1-12,17H,13-16,18H2. The fourth-order valence-corrected chi connectivity index (χ4v) is 6.92. The van der Waals surface area contributed by atoms with Gasteiger partial charge >= 0.3 is 0 Å². The summed E-state index contributed by atoms with van der Waals surface area (Å²) < 4.78 is 1.89. The first kappa shape index (κ1) is 29.1. The van der Waals surface area contributed by atoms with Crippen LogP contribution in [0, 0.1) is 10.1 Å². The van der Waals surface area contributed by atoms with Gasteiger partial charge in [0.05, 0.1) is 26.4 Å². The number of halogens is 2. The molecule has 1 saturated heterocycles. The molecule has 14 heteroatoms. The maximum Gasteiger partial charge on any atom is 0.273 e. The Labute approximate surface area is 265 Å². The number of benzene rings is 3. The molecule has 0 N–H and O–H groups in total. The number of non-ortho nitro benzene ring substituents is 1. The Kier molecular flexibility index (Phi) is 8.61. The van der Waals surface area contributed by atoms with Gasteiger partial charge in [-0.2, -0.15) is 0 Å². The van der Waals surface area contributed by atoms with E-state index in [-0.39, 0.29) is 11.6 Å². The van der Waals surface area contributed by atoms with Crippen molar-refractivity contribution in [3.05, 3.63) is 109 Å². The van der Waals surface area contributed by atoms with Crippen LogP contribution < -0.4 is 4.90 Å². The third kappa shape index (κ3) is 6.23. The Morgan fingerprint density at radius 2 is 1.63 bits per heavy atom. The highest BCUT2D eigenvalue weighted by Crippen LogP contribution is 2.35. The number of carbonyl (C=O) groups is 1. The van der Waals surface area contributed by atoms with Crippen LogP contribution in [-0.2, 0) is 5.75 Å². The molecule has 0 bridgehead atoms. The molecule has 6 rings (SSSR count). The second kappa shape index (κ2) is 12.7. The molecule has 1 aliphatic rings. The van der Waals surface area contributed by atoms with E-state index in [1.165, 1.54) is 35.2 Å². The van der Waals surface area contributed by atoms with Gasteiger partial charge in [0.25, 0.3) is 11.6 Å². The smallest absolute Gasteiger partial charge is 0.273 e. The number of anilines is 1. The van der Waals surface area contributed by atoms with Gasteiger partial charge < -0.3 is 9.80 Å². The van der Waals surface area contributed by atoms with Gasteiger partial charge in [-0.05, 0) is 36.4 Å². The molecule has 0 spiro atoms. The lowest BCUT2D eigenvalue weighted by atomic mass is 10.2. The average Bonchev–Trinajstić information content (AvgIpc) is 3.68. The van der Waals surface area contributed by atoms with Crippen LogP contribution in [0.15, 0.2) is 83.3 Å². The highest BCUT2D eigenvalue weighted by molar-refractivity contribution is 7.98. The van der Waals surface area contributed by atoms with Crippen molar-refractivity contribution in [2.45, 2.75) is 10.9 Å². The van der Waals surface area contributed by atoms with E-state index in [9.17, 15) is 14.9 Å². The number of amides is 1. The lowest BCUT2D eigenvalue weighted by molar-refractivity contribution is -0.384. The summed E-state index contributed by atoms with van der Waals surface area (Å²) in [5, 5.41) is 24.1. The minimum Gasteiger partial charge on any atom is -0.368 e. The second-order valence-electron chi connectivity index (χ2n) is 9.54. The van der Waals surface area contributed by atoms with Crippen LogP contribution >= 0.6 is 46.3 Å². The second-order valence-corrected chi connectivity index (χ2v) is 12.2. The first-order chi connectivity index (χ1) is 20.9. The van der Waals surface area contributed by atoms with E-state index in [0.717, 1.165) is 21.9 Å². The molecule has 0 radical (unpaired) electrons. The van der Waals surface area contributed by atoms with Gasteiger partial charge in [-0.3, -0.25) is 19.5 Å². The zero-order chi connectivity index (χ0) is 29.9. The summed E-state index contributed by atoms with van der Waals surface area (Å²) in [6.07, 6.45) is 0. The van der Waals surface area contributed by atoms with Gasteiger partial charge in [-0.15, -0.1) is 21.5 Å². The van der Waals surface area contributed by atoms with E-state index in [4.69, 9.17) is 23.2 Å². The SMILES string of the molecule is O=C(c1csc(CSc2nnc(-c3ccccc3Cl)n2-c2ccccc2Cl)n1)N1CCN(c2ccc([N+](=O)[O-])cc2)CC1. The molecule has 1 aliphatic heterocycles. The van der Waals surface area contributed by atoms with E-state index in [1.54, 1.807) is 28.5 Å². The summed E-state index contributed by atoms with van der Waals surface area (Å²) in [5.74, 6) is 0.942. The van der Waals surface area contributed by atoms with Crippen molar-refractivity contribution in [3.8, 4) is 17.1 Å². The summed E-state index contributed by atoms with van der Waals surface area (Å²) in [6.45, 7) is 2.32. The molecule has 1 amide bonds. The summed E-state index contributed by atoms with van der Waals surface area (Å²) in [5.41, 5.74) is 2.83. The molecule has 2 aromatic heterocycles. The number of aromatic nitrogens is 4. The quantitative estimate of drug-likeness (QED) is 0.102. The average molecular weight is 653 g/mol. The number of rotatable bonds is 8. The van der Waals surface area contributed by atoms with Crippen molar-refractivity contribution in [2.75, 3.05) is 31.1 Å². The summed E-state index contributed by atoms with van der Waals surface area (Å²) in [6, 6.07) is 21.4. The van der Waals surface area contributed by atoms with Crippen molar-refractivity contribution in [3.63, 3.8) is 0 Å². The Bertz CT molecular complexity index is 1790. The minimum atomic E-state index is -0.414. The lowest BCUT2D eigenvalue weighted by Gasteiger charge is -2.35. The molecule has 0 aliphatic carbocycles. The fraction of sp³-hybridized carbons (Fsp3) is 0.172. The molecular formula is C29H23Cl2N7O3S2. The molecule has 218 valence electrons. The maximum absolute atomic E-state index is 13.2. The number of nitro benzene ring substituents is 1. The summed E-state index contributed by atoms with van der Waals surface area (Å²) in [4.78, 5) is 32.3. The third-order valence-corrected chi connectivity index (χ3v) is 9.55. The Morgan fingerprint density at radius 1 is 0.930 bits per heavy atom. The number of carbonyl (C=O) groups excluding carboxylic acids is 1. The van der Waals surface area contributed by atoms with E-state index >= 15 is 0 Å². The monoisotopic (exact) mass is 651 g/mol. The number of thiazole rings is 1. The minimum absolute atomic E-state index is 0.0557. The van der Waals surface area contributed by atoms with Gasteiger partial charge in [0.1, 0.15) is 10.7 Å². The molecule has 43 heavy (non-hydrogen) atoms. The zero-order valence-electron chi connectivity index (χ0n) is 22.5. The number of hydrogen-bond acceptors (Lipinski definition) is 9. The molecule has 5 aromatic rings. The van der Waals surface area contributed by atoms with E-state index < -0.39 is 4.92 Å². The van der Waals surface area contributed by atoms with Gasteiger partial charge in [0.2, 0.25) is 0 Å². The third-order valence-electron chi connectivity index (χ3n) is 6.93. The predicted octanol–water partition coefficient (Wildman–Crippen LogP) is 6.86. The number of piperazine rings is 1. The molecule has 3 aromatic carbocycles. The number of nitro groups is 1. The van der Waals surface area contributed by atoms with Gasteiger partial charge in [0, 0.05) is 54.9 Å². The molecule has 0 saturated carbocycles. The van der Waals surface area contributed by atoms with Crippen LogP contribution in [0.3, 0.4) is 0 Å². The first-order valence-electron chi connectivity index (χ1n) is 13.2. The maximum atomic E-state index is 13.2. The van der Waals surface area contributed by atoms with Crippen molar-refractivity contribution in [2.24, 2.45) is 0 Å². The first-order valence-corrected chi connectivity index (χ1v) is 15.8. The van der Waals surface area contributed by atoms with Gasteiger partial charge in [-0.1, -0.05) is 59.2 Å². The molecule has 0 atom stereocenters. The molecule has 10 nitrogen and oxygen atoms in total. The van der Waals surface area contributed by atoms with Gasteiger partial charge in [0.15, 0.2) is 11.0 Å².